The first-order valence-corrected chi connectivity index (χ1v) is 12.4. The van der Waals surface area contributed by atoms with Crippen molar-refractivity contribution in [1.29, 1.82) is 0 Å². The molecule has 1 saturated heterocycles. The van der Waals surface area contributed by atoms with Crippen LogP contribution in [-0.2, 0) is 16.6 Å². The average Bonchev–Trinajstić information content (AvgIpc) is 3.29. The SMILES string of the molecule is CN=C(NCc1ccccc1S(=O)(=O)N1CCCCC1)NCC(C)c1cccs1.I. The van der Waals surface area contributed by atoms with Gasteiger partial charge in [0, 0.05) is 44.0 Å². The van der Waals surface area contributed by atoms with Gasteiger partial charge in [-0.25, -0.2) is 8.42 Å². The van der Waals surface area contributed by atoms with E-state index < -0.39 is 10.0 Å². The number of hydrogen-bond acceptors (Lipinski definition) is 4. The predicted octanol–water partition coefficient (Wildman–Crippen LogP) is 4.01. The summed E-state index contributed by atoms with van der Waals surface area (Å²) in [6.07, 6.45) is 2.96. The molecule has 0 radical (unpaired) electrons. The number of guanidine groups is 1. The maximum absolute atomic E-state index is 13.1. The van der Waals surface area contributed by atoms with E-state index in [2.05, 4.69) is 40.1 Å². The first-order chi connectivity index (χ1) is 14.0. The van der Waals surface area contributed by atoms with Gasteiger partial charge in [0.15, 0.2) is 5.96 Å². The van der Waals surface area contributed by atoms with E-state index in [1.165, 1.54) is 4.88 Å². The average molecular weight is 563 g/mol. The molecule has 2 N–H and O–H groups in total. The van der Waals surface area contributed by atoms with Gasteiger partial charge in [-0.1, -0.05) is 37.6 Å². The molecule has 0 aliphatic carbocycles. The van der Waals surface area contributed by atoms with Crippen molar-refractivity contribution >= 4 is 51.3 Å². The minimum absolute atomic E-state index is 0. The lowest BCUT2D eigenvalue weighted by atomic mass is 10.1. The monoisotopic (exact) mass is 562 g/mol. The number of halogens is 1. The molecule has 0 saturated carbocycles. The molecule has 2 heterocycles. The summed E-state index contributed by atoms with van der Waals surface area (Å²) in [6, 6.07) is 11.4. The molecule has 166 valence electrons. The quantitative estimate of drug-likeness (QED) is 0.304. The number of benzene rings is 1. The summed E-state index contributed by atoms with van der Waals surface area (Å²) < 4.78 is 27.9. The molecule has 3 rings (SSSR count). The van der Waals surface area contributed by atoms with E-state index in [1.54, 1.807) is 34.8 Å². The minimum atomic E-state index is -3.47. The van der Waals surface area contributed by atoms with Crippen molar-refractivity contribution in [3.8, 4) is 0 Å². The lowest BCUT2D eigenvalue weighted by Crippen LogP contribution is -2.39. The summed E-state index contributed by atoms with van der Waals surface area (Å²) in [5, 5.41) is 8.68. The highest BCUT2D eigenvalue weighted by Gasteiger charge is 2.27. The Hall–Kier alpha value is -1.17. The summed E-state index contributed by atoms with van der Waals surface area (Å²) in [7, 11) is -1.74. The highest BCUT2D eigenvalue weighted by Crippen LogP contribution is 2.23. The fourth-order valence-corrected chi connectivity index (χ4v) is 5.99. The van der Waals surface area contributed by atoms with Gasteiger partial charge in [-0.3, -0.25) is 4.99 Å². The molecule has 30 heavy (non-hydrogen) atoms. The van der Waals surface area contributed by atoms with Crippen LogP contribution in [0.2, 0.25) is 0 Å². The maximum atomic E-state index is 13.1. The molecule has 1 aromatic carbocycles. The Kier molecular flexibility index (Phi) is 10.1. The van der Waals surface area contributed by atoms with E-state index in [1.807, 2.05) is 12.1 Å². The first kappa shape index (κ1) is 25.1. The third kappa shape index (κ3) is 6.41. The van der Waals surface area contributed by atoms with Gasteiger partial charge < -0.3 is 10.6 Å². The Morgan fingerprint density at radius 1 is 1.13 bits per heavy atom. The number of nitrogens with zero attached hydrogens (tertiary/aromatic N) is 2. The van der Waals surface area contributed by atoms with E-state index in [9.17, 15) is 8.42 Å². The lowest BCUT2D eigenvalue weighted by molar-refractivity contribution is 0.346. The zero-order valence-electron chi connectivity index (χ0n) is 17.5. The van der Waals surface area contributed by atoms with Gasteiger partial charge in [0.25, 0.3) is 0 Å². The second-order valence-corrected chi connectivity index (χ2v) is 10.2. The van der Waals surface area contributed by atoms with Crippen LogP contribution in [0.15, 0.2) is 51.7 Å². The Balaban J connectivity index is 0.00000320. The lowest BCUT2D eigenvalue weighted by Gasteiger charge is -2.27. The molecule has 1 atom stereocenters. The van der Waals surface area contributed by atoms with Gasteiger partial charge in [-0.15, -0.1) is 35.3 Å². The smallest absolute Gasteiger partial charge is 0.243 e. The first-order valence-electron chi connectivity index (χ1n) is 10.1. The number of aliphatic imine (C=N–C) groups is 1. The minimum Gasteiger partial charge on any atom is -0.356 e. The van der Waals surface area contributed by atoms with Crippen LogP contribution in [0.25, 0.3) is 0 Å². The largest absolute Gasteiger partial charge is 0.356 e. The summed E-state index contributed by atoms with van der Waals surface area (Å²) in [5.74, 6) is 1.04. The molecule has 1 fully saturated rings. The summed E-state index contributed by atoms with van der Waals surface area (Å²) in [6.45, 7) is 4.54. The van der Waals surface area contributed by atoms with Crippen molar-refractivity contribution in [3.05, 3.63) is 52.2 Å². The molecule has 9 heteroatoms. The van der Waals surface area contributed by atoms with Crippen LogP contribution in [0.3, 0.4) is 0 Å². The van der Waals surface area contributed by atoms with Gasteiger partial charge in [-0.2, -0.15) is 4.31 Å². The normalized spacial score (nSPS) is 16.5. The summed E-state index contributed by atoms with van der Waals surface area (Å²) in [5.41, 5.74) is 0.757. The van der Waals surface area contributed by atoms with E-state index in [-0.39, 0.29) is 24.0 Å². The van der Waals surface area contributed by atoms with Gasteiger partial charge >= 0.3 is 0 Å². The molecular formula is C21H31IN4O2S2. The molecule has 1 aliphatic rings. The highest BCUT2D eigenvalue weighted by molar-refractivity contribution is 14.0. The standard InChI is InChI=1S/C21H30N4O2S2.HI/c1-17(19-10-8-14-28-19)15-23-21(22-2)24-16-18-9-4-5-11-20(18)29(26,27)25-12-6-3-7-13-25;/h4-5,8-11,14,17H,3,6-7,12-13,15-16H2,1-2H3,(H2,22,23,24);1H. The van der Waals surface area contributed by atoms with E-state index in [0.29, 0.717) is 36.4 Å². The van der Waals surface area contributed by atoms with Crippen LogP contribution in [0, 0.1) is 0 Å². The van der Waals surface area contributed by atoms with Gasteiger partial charge in [-0.05, 0) is 35.9 Å². The van der Waals surface area contributed by atoms with Crippen molar-refractivity contribution in [2.24, 2.45) is 4.99 Å². The number of hydrogen-bond donors (Lipinski definition) is 2. The second-order valence-electron chi connectivity index (χ2n) is 7.30. The third-order valence-electron chi connectivity index (χ3n) is 5.18. The molecule has 2 aromatic rings. The van der Waals surface area contributed by atoms with Crippen molar-refractivity contribution < 1.29 is 8.42 Å². The topological polar surface area (TPSA) is 73.8 Å². The molecule has 1 unspecified atom stereocenters. The zero-order valence-corrected chi connectivity index (χ0v) is 21.5. The van der Waals surface area contributed by atoms with Crippen LogP contribution >= 0.6 is 35.3 Å². The number of piperidine rings is 1. The van der Waals surface area contributed by atoms with Crippen molar-refractivity contribution in [1.82, 2.24) is 14.9 Å². The molecule has 1 aliphatic heterocycles. The number of nitrogens with one attached hydrogen (secondary N) is 2. The van der Waals surface area contributed by atoms with Gasteiger partial charge in [0.1, 0.15) is 0 Å². The van der Waals surface area contributed by atoms with Crippen molar-refractivity contribution in [3.63, 3.8) is 0 Å². The van der Waals surface area contributed by atoms with E-state index in [4.69, 9.17) is 0 Å². The predicted molar refractivity (Wildman–Crippen MR) is 135 cm³/mol. The van der Waals surface area contributed by atoms with Crippen LogP contribution in [0.1, 0.15) is 42.5 Å². The molecule has 0 amide bonds. The molecule has 0 bridgehead atoms. The van der Waals surface area contributed by atoms with Crippen molar-refractivity contribution in [2.45, 2.75) is 43.5 Å². The Morgan fingerprint density at radius 3 is 2.53 bits per heavy atom. The Labute approximate surface area is 201 Å². The molecule has 1 aromatic heterocycles. The Bertz CT molecular complexity index is 911. The van der Waals surface area contributed by atoms with E-state index >= 15 is 0 Å². The summed E-state index contributed by atoms with van der Waals surface area (Å²) >= 11 is 1.75. The van der Waals surface area contributed by atoms with Crippen molar-refractivity contribution in [2.75, 3.05) is 26.7 Å². The van der Waals surface area contributed by atoms with Crippen LogP contribution in [-0.4, -0.2) is 45.4 Å². The maximum Gasteiger partial charge on any atom is 0.243 e. The highest BCUT2D eigenvalue weighted by atomic mass is 127. The van der Waals surface area contributed by atoms with Crippen LogP contribution in [0.4, 0.5) is 0 Å². The summed E-state index contributed by atoms with van der Waals surface area (Å²) in [4.78, 5) is 5.99. The molecule has 6 nitrogen and oxygen atoms in total. The number of rotatable bonds is 7. The zero-order chi connectivity index (χ0) is 20.7. The van der Waals surface area contributed by atoms with Gasteiger partial charge in [0.05, 0.1) is 4.90 Å². The Morgan fingerprint density at radius 2 is 1.87 bits per heavy atom. The van der Waals surface area contributed by atoms with E-state index in [0.717, 1.165) is 31.4 Å². The van der Waals surface area contributed by atoms with Crippen LogP contribution in [0.5, 0.6) is 0 Å². The fraction of sp³-hybridized carbons (Fsp3) is 0.476. The second kappa shape index (κ2) is 12.0. The third-order valence-corrected chi connectivity index (χ3v) is 8.28. The fourth-order valence-electron chi connectivity index (χ4n) is 3.47. The number of thiophene rings is 1. The molecule has 0 spiro atoms. The number of sulfonamides is 1. The van der Waals surface area contributed by atoms with Gasteiger partial charge in [0.2, 0.25) is 10.0 Å². The molecular weight excluding hydrogens is 531 g/mol. The van der Waals surface area contributed by atoms with Crippen LogP contribution < -0.4 is 10.6 Å².